The van der Waals surface area contributed by atoms with E-state index in [4.69, 9.17) is 40.5 Å². The van der Waals surface area contributed by atoms with E-state index < -0.39 is 0 Å². The van der Waals surface area contributed by atoms with E-state index in [0.29, 0.717) is 39.8 Å². The quantitative estimate of drug-likeness (QED) is 0.783. The van der Waals surface area contributed by atoms with Gasteiger partial charge in [-0.15, -0.1) is 12.4 Å². The van der Waals surface area contributed by atoms with Crippen molar-refractivity contribution in [2.45, 2.75) is 19.3 Å². The van der Waals surface area contributed by atoms with Crippen LogP contribution in [0.5, 0.6) is 0 Å². The number of benzene rings is 1. The molecular weight excluding hydrogens is 380 g/mol. The summed E-state index contributed by atoms with van der Waals surface area (Å²) in [5.41, 5.74) is 6.03. The van der Waals surface area contributed by atoms with E-state index in [1.54, 1.807) is 12.1 Å². The van der Waals surface area contributed by atoms with E-state index in [9.17, 15) is 4.79 Å². The Morgan fingerprint density at radius 3 is 2.57 bits per heavy atom. The molecule has 1 aromatic rings. The highest BCUT2D eigenvalue weighted by Gasteiger charge is 2.21. The van der Waals surface area contributed by atoms with E-state index in [2.05, 4.69) is 10.2 Å². The van der Waals surface area contributed by atoms with E-state index in [-0.39, 0.29) is 18.3 Å². The van der Waals surface area contributed by atoms with Gasteiger partial charge in [0.1, 0.15) is 0 Å². The number of nitrogens with zero attached hydrogens (tertiary/aromatic N) is 1. The van der Waals surface area contributed by atoms with Crippen molar-refractivity contribution < 1.29 is 4.79 Å². The van der Waals surface area contributed by atoms with Crippen molar-refractivity contribution in [2.24, 2.45) is 11.7 Å². The van der Waals surface area contributed by atoms with Crippen LogP contribution in [0.4, 0.5) is 5.69 Å². The molecule has 8 heteroatoms. The number of carbonyl (C=O) groups is 1. The molecule has 1 aliphatic rings. The molecule has 4 nitrogen and oxygen atoms in total. The Kier molecular flexibility index (Phi) is 8.98. The Bertz CT molecular complexity index is 516. The summed E-state index contributed by atoms with van der Waals surface area (Å²) in [5.74, 6) is 0.453. The lowest BCUT2D eigenvalue weighted by Gasteiger charge is -2.32. The summed E-state index contributed by atoms with van der Waals surface area (Å²) in [4.78, 5) is 14.4. The SMILES string of the molecule is Cl.NCCC1CCCN(CC(=O)Nc2c(Cl)cc(Cl)cc2Cl)C1. The minimum absolute atomic E-state index is 0. The van der Waals surface area contributed by atoms with Gasteiger partial charge < -0.3 is 11.1 Å². The molecule has 0 aliphatic carbocycles. The van der Waals surface area contributed by atoms with Crippen LogP contribution < -0.4 is 11.1 Å². The maximum atomic E-state index is 12.2. The van der Waals surface area contributed by atoms with Crippen LogP contribution in [0.2, 0.25) is 15.1 Å². The largest absolute Gasteiger partial charge is 0.330 e. The van der Waals surface area contributed by atoms with Crippen LogP contribution in [0, 0.1) is 5.92 Å². The summed E-state index contributed by atoms with van der Waals surface area (Å²) in [6.07, 6.45) is 3.29. The standard InChI is InChI=1S/C15H20Cl3N3O.ClH/c16-11-6-12(17)15(13(18)7-11)20-14(22)9-21-5-1-2-10(8-21)3-4-19;/h6-7,10H,1-5,8-9,19H2,(H,20,22);1H. The molecule has 1 aliphatic heterocycles. The fourth-order valence-electron chi connectivity index (χ4n) is 2.81. The molecule has 1 amide bonds. The second-order valence-electron chi connectivity index (χ2n) is 5.61. The molecule has 23 heavy (non-hydrogen) atoms. The van der Waals surface area contributed by atoms with Crippen molar-refractivity contribution in [3.05, 3.63) is 27.2 Å². The lowest BCUT2D eigenvalue weighted by Crippen LogP contribution is -2.41. The average molecular weight is 401 g/mol. The zero-order chi connectivity index (χ0) is 16.1. The van der Waals surface area contributed by atoms with Gasteiger partial charge in [0, 0.05) is 11.6 Å². The van der Waals surface area contributed by atoms with Crippen molar-refractivity contribution in [3.63, 3.8) is 0 Å². The lowest BCUT2D eigenvalue weighted by molar-refractivity contribution is -0.117. The molecule has 0 saturated carbocycles. The van der Waals surface area contributed by atoms with Crippen molar-refractivity contribution in [2.75, 3.05) is 31.5 Å². The molecule has 0 radical (unpaired) electrons. The number of hydrogen-bond acceptors (Lipinski definition) is 3. The number of likely N-dealkylation sites (tertiary alicyclic amines) is 1. The van der Waals surface area contributed by atoms with Crippen molar-refractivity contribution in [1.29, 1.82) is 0 Å². The first kappa shape index (κ1) is 20.8. The topological polar surface area (TPSA) is 58.4 Å². The molecule has 1 atom stereocenters. The second-order valence-corrected chi connectivity index (χ2v) is 6.86. The molecular formula is C15H21Cl4N3O. The van der Waals surface area contributed by atoms with Crippen LogP contribution in [0.1, 0.15) is 19.3 Å². The summed E-state index contributed by atoms with van der Waals surface area (Å²) in [7, 11) is 0. The van der Waals surface area contributed by atoms with Gasteiger partial charge in [-0.25, -0.2) is 0 Å². The van der Waals surface area contributed by atoms with Gasteiger partial charge >= 0.3 is 0 Å². The van der Waals surface area contributed by atoms with Crippen LogP contribution in [0.25, 0.3) is 0 Å². The lowest BCUT2D eigenvalue weighted by atomic mass is 9.95. The van der Waals surface area contributed by atoms with Crippen LogP contribution in [0.3, 0.4) is 0 Å². The molecule has 1 saturated heterocycles. The molecule has 0 aromatic heterocycles. The number of amides is 1. The first-order valence-electron chi connectivity index (χ1n) is 7.36. The molecule has 130 valence electrons. The molecule has 3 N–H and O–H groups in total. The predicted octanol–water partition coefficient (Wildman–Crippen LogP) is 4.07. The Morgan fingerprint density at radius 2 is 1.96 bits per heavy atom. The normalized spacial score (nSPS) is 18.3. The van der Waals surface area contributed by atoms with Crippen molar-refractivity contribution in [1.82, 2.24) is 4.90 Å². The number of halogens is 4. The van der Waals surface area contributed by atoms with E-state index in [1.807, 2.05) is 0 Å². The van der Waals surface area contributed by atoms with Gasteiger partial charge in [0.15, 0.2) is 0 Å². The highest BCUT2D eigenvalue weighted by molar-refractivity contribution is 6.42. The number of anilines is 1. The Balaban J connectivity index is 0.00000264. The number of piperidine rings is 1. The number of nitrogens with two attached hydrogens (primary N) is 1. The highest BCUT2D eigenvalue weighted by atomic mass is 35.5. The molecule has 1 fully saturated rings. The molecule has 0 spiro atoms. The number of carbonyl (C=O) groups excluding carboxylic acids is 1. The van der Waals surface area contributed by atoms with Crippen LogP contribution in [-0.4, -0.2) is 37.0 Å². The minimum atomic E-state index is -0.125. The summed E-state index contributed by atoms with van der Waals surface area (Å²) in [6, 6.07) is 3.12. The first-order chi connectivity index (χ1) is 10.5. The van der Waals surface area contributed by atoms with Crippen LogP contribution in [-0.2, 0) is 4.79 Å². The summed E-state index contributed by atoms with van der Waals surface area (Å²) in [5, 5.41) is 3.89. The van der Waals surface area contributed by atoms with Gasteiger partial charge in [0.05, 0.1) is 22.3 Å². The monoisotopic (exact) mass is 399 g/mol. The molecule has 0 bridgehead atoms. The zero-order valence-electron chi connectivity index (χ0n) is 12.7. The maximum absolute atomic E-state index is 12.2. The molecule has 1 heterocycles. The maximum Gasteiger partial charge on any atom is 0.238 e. The third-order valence-corrected chi connectivity index (χ3v) is 4.63. The van der Waals surface area contributed by atoms with Gasteiger partial charge in [-0.1, -0.05) is 34.8 Å². The third-order valence-electron chi connectivity index (χ3n) is 3.82. The molecule has 2 rings (SSSR count). The number of hydrogen-bond donors (Lipinski definition) is 2. The summed E-state index contributed by atoms with van der Waals surface area (Å²) in [6.45, 7) is 2.86. The van der Waals surface area contributed by atoms with E-state index >= 15 is 0 Å². The first-order valence-corrected chi connectivity index (χ1v) is 8.49. The third kappa shape index (κ3) is 6.29. The number of rotatable bonds is 5. The minimum Gasteiger partial charge on any atom is -0.330 e. The fraction of sp³-hybridized carbons (Fsp3) is 0.533. The Morgan fingerprint density at radius 1 is 1.30 bits per heavy atom. The van der Waals surface area contributed by atoms with Gasteiger partial charge in [0.25, 0.3) is 0 Å². The smallest absolute Gasteiger partial charge is 0.238 e. The van der Waals surface area contributed by atoms with Crippen molar-refractivity contribution >= 4 is 58.8 Å². The predicted molar refractivity (Wildman–Crippen MR) is 100 cm³/mol. The van der Waals surface area contributed by atoms with Gasteiger partial charge in [0.2, 0.25) is 5.91 Å². The van der Waals surface area contributed by atoms with Crippen LogP contribution >= 0.6 is 47.2 Å². The Labute approximate surface area is 158 Å². The van der Waals surface area contributed by atoms with E-state index in [0.717, 1.165) is 25.9 Å². The fourth-order valence-corrected chi connectivity index (χ4v) is 3.72. The molecule has 1 unspecified atom stereocenters. The Hall–Kier alpha value is -0.230. The van der Waals surface area contributed by atoms with Gasteiger partial charge in [-0.05, 0) is 50.4 Å². The average Bonchev–Trinajstić information content (AvgIpc) is 2.43. The number of nitrogens with one attached hydrogen (secondary N) is 1. The molecule has 1 aromatic carbocycles. The van der Waals surface area contributed by atoms with Crippen LogP contribution in [0.15, 0.2) is 12.1 Å². The van der Waals surface area contributed by atoms with Gasteiger partial charge in [-0.2, -0.15) is 0 Å². The second kappa shape index (κ2) is 9.92. The zero-order valence-corrected chi connectivity index (χ0v) is 15.7. The van der Waals surface area contributed by atoms with Crippen molar-refractivity contribution in [3.8, 4) is 0 Å². The highest BCUT2D eigenvalue weighted by Crippen LogP contribution is 2.33. The van der Waals surface area contributed by atoms with Gasteiger partial charge in [-0.3, -0.25) is 9.69 Å². The summed E-state index contributed by atoms with van der Waals surface area (Å²) < 4.78 is 0. The summed E-state index contributed by atoms with van der Waals surface area (Å²) >= 11 is 18.0. The van der Waals surface area contributed by atoms with E-state index in [1.165, 1.54) is 6.42 Å².